The van der Waals surface area contributed by atoms with Crippen molar-refractivity contribution in [1.29, 1.82) is 0 Å². The van der Waals surface area contributed by atoms with Gasteiger partial charge in [0.05, 0.1) is 25.3 Å². The monoisotopic (exact) mass is 370 g/mol. The van der Waals surface area contributed by atoms with Crippen LogP contribution in [0.3, 0.4) is 0 Å². The second kappa shape index (κ2) is 8.49. The zero-order valence-corrected chi connectivity index (χ0v) is 16.6. The van der Waals surface area contributed by atoms with Crippen molar-refractivity contribution < 1.29 is 19.4 Å². The van der Waals surface area contributed by atoms with Crippen LogP contribution in [-0.4, -0.2) is 54.1 Å². The van der Waals surface area contributed by atoms with Gasteiger partial charge in [0.2, 0.25) is 0 Å². The molecule has 0 radical (unpaired) electrons. The molecule has 1 aromatic rings. The molecule has 25 heavy (non-hydrogen) atoms. The van der Waals surface area contributed by atoms with Crippen molar-refractivity contribution in [1.82, 2.24) is 10.2 Å². The van der Waals surface area contributed by atoms with Crippen LogP contribution in [0.25, 0.3) is 0 Å². The molecule has 0 saturated carbocycles. The van der Waals surface area contributed by atoms with Crippen molar-refractivity contribution in [2.45, 2.75) is 65.0 Å². The van der Waals surface area contributed by atoms with Crippen LogP contribution in [0.5, 0.6) is 0 Å². The predicted molar refractivity (Wildman–Crippen MR) is 98.9 cm³/mol. The van der Waals surface area contributed by atoms with Gasteiger partial charge in [0, 0.05) is 30.0 Å². The summed E-state index contributed by atoms with van der Waals surface area (Å²) in [6.07, 6.45) is 0.553. The summed E-state index contributed by atoms with van der Waals surface area (Å²) in [6.45, 7) is 9.59. The molecule has 0 unspecified atom stereocenters. The molecule has 1 aliphatic rings. The molecule has 2 atom stereocenters. The lowest BCUT2D eigenvalue weighted by Gasteiger charge is -2.29. The van der Waals surface area contributed by atoms with Gasteiger partial charge in [-0.2, -0.15) is 0 Å². The fourth-order valence-electron chi connectivity index (χ4n) is 2.74. The number of amides is 1. The molecule has 2 heterocycles. The minimum absolute atomic E-state index is 0.0342. The summed E-state index contributed by atoms with van der Waals surface area (Å²) in [4.78, 5) is 16.5. The van der Waals surface area contributed by atoms with E-state index in [0.29, 0.717) is 19.6 Å². The molecule has 0 fully saturated rings. The molecule has 7 heteroatoms. The number of carbonyl (C=O) groups excluding carboxylic acids is 1. The summed E-state index contributed by atoms with van der Waals surface area (Å²) >= 11 is 1.77. The number of nitrogens with one attached hydrogen (secondary N) is 1. The van der Waals surface area contributed by atoms with Crippen molar-refractivity contribution in [2.24, 2.45) is 0 Å². The summed E-state index contributed by atoms with van der Waals surface area (Å²) in [5.41, 5.74) is 0.720. The number of hydrogen-bond acceptors (Lipinski definition) is 6. The van der Waals surface area contributed by atoms with E-state index in [9.17, 15) is 9.90 Å². The largest absolute Gasteiger partial charge is 0.444 e. The van der Waals surface area contributed by atoms with E-state index in [-0.39, 0.29) is 24.8 Å². The van der Waals surface area contributed by atoms with Gasteiger partial charge in [-0.15, -0.1) is 11.3 Å². The molecule has 0 aliphatic carbocycles. The normalized spacial score (nSPS) is 17.1. The van der Waals surface area contributed by atoms with Gasteiger partial charge in [-0.1, -0.05) is 0 Å². The fraction of sp³-hybridized carbons (Fsp3) is 0.722. The van der Waals surface area contributed by atoms with Crippen molar-refractivity contribution >= 4 is 17.4 Å². The minimum atomic E-state index is -0.474. The third kappa shape index (κ3) is 5.67. The first-order valence-electron chi connectivity index (χ1n) is 8.69. The van der Waals surface area contributed by atoms with E-state index in [1.54, 1.807) is 23.3 Å². The number of ether oxygens (including phenoxy) is 2. The number of methoxy groups -OCH3 is 1. The van der Waals surface area contributed by atoms with Gasteiger partial charge in [0.15, 0.2) is 0 Å². The first kappa shape index (κ1) is 20.2. The Morgan fingerprint density at radius 3 is 2.80 bits per heavy atom. The van der Waals surface area contributed by atoms with Crippen LogP contribution in [0.2, 0.25) is 0 Å². The molecule has 142 valence electrons. The van der Waals surface area contributed by atoms with Crippen LogP contribution in [0.4, 0.5) is 4.79 Å². The Morgan fingerprint density at radius 1 is 1.48 bits per heavy atom. The molecule has 0 bridgehead atoms. The highest BCUT2D eigenvalue weighted by atomic mass is 32.1. The Labute approximate surface area is 154 Å². The molecular formula is C18H30N2O4S. The van der Waals surface area contributed by atoms with Crippen molar-refractivity contribution in [3.05, 3.63) is 21.4 Å². The van der Waals surface area contributed by atoms with E-state index >= 15 is 0 Å². The summed E-state index contributed by atoms with van der Waals surface area (Å²) in [5, 5.41) is 12.8. The molecule has 0 spiro atoms. The van der Waals surface area contributed by atoms with Gasteiger partial charge in [-0.3, -0.25) is 0 Å². The highest BCUT2D eigenvalue weighted by Gasteiger charge is 2.27. The lowest BCUT2D eigenvalue weighted by molar-refractivity contribution is 0.0225. The van der Waals surface area contributed by atoms with Gasteiger partial charge in [0.25, 0.3) is 0 Å². The highest BCUT2D eigenvalue weighted by molar-refractivity contribution is 7.12. The maximum absolute atomic E-state index is 12.2. The summed E-state index contributed by atoms with van der Waals surface area (Å²) in [6, 6.07) is 2.05. The number of fused-ring (bicyclic) bond motifs is 1. The highest BCUT2D eigenvalue weighted by Crippen LogP contribution is 2.29. The lowest BCUT2D eigenvalue weighted by Crippen LogP contribution is -2.41. The molecule has 6 nitrogen and oxygen atoms in total. The van der Waals surface area contributed by atoms with Crippen molar-refractivity contribution in [3.8, 4) is 0 Å². The summed E-state index contributed by atoms with van der Waals surface area (Å²) in [5.74, 6) is 0. The SMILES string of the molecule is CO[C@H](C)[C@@H](CO)NCc1cc2c(s1)CCN(C(=O)OC(C)(C)C)C2. The van der Waals surface area contributed by atoms with Gasteiger partial charge in [0.1, 0.15) is 5.60 Å². The first-order chi connectivity index (χ1) is 11.7. The first-order valence-corrected chi connectivity index (χ1v) is 9.50. The minimum Gasteiger partial charge on any atom is -0.444 e. The van der Waals surface area contributed by atoms with E-state index in [1.165, 1.54) is 15.3 Å². The zero-order chi connectivity index (χ0) is 18.6. The van der Waals surface area contributed by atoms with E-state index in [4.69, 9.17) is 9.47 Å². The van der Waals surface area contributed by atoms with Crippen LogP contribution in [0.1, 0.15) is 43.0 Å². The smallest absolute Gasteiger partial charge is 0.410 e. The third-order valence-electron chi connectivity index (χ3n) is 4.24. The Balaban J connectivity index is 1.95. The van der Waals surface area contributed by atoms with Crippen LogP contribution >= 0.6 is 11.3 Å². The summed E-state index contributed by atoms with van der Waals surface area (Å²) in [7, 11) is 1.64. The Kier molecular flexibility index (Phi) is 6.85. The third-order valence-corrected chi connectivity index (χ3v) is 5.48. The zero-order valence-electron chi connectivity index (χ0n) is 15.8. The van der Waals surface area contributed by atoms with Crippen molar-refractivity contribution in [2.75, 3.05) is 20.3 Å². The van der Waals surface area contributed by atoms with Gasteiger partial charge in [-0.05, 0) is 45.7 Å². The van der Waals surface area contributed by atoms with E-state index in [0.717, 1.165) is 6.42 Å². The van der Waals surface area contributed by atoms with E-state index < -0.39 is 5.60 Å². The quantitative estimate of drug-likeness (QED) is 0.805. The number of aliphatic hydroxyl groups is 1. The predicted octanol–water partition coefficient (Wildman–Crippen LogP) is 2.53. The van der Waals surface area contributed by atoms with E-state index in [2.05, 4.69) is 11.4 Å². The van der Waals surface area contributed by atoms with Crippen molar-refractivity contribution in [3.63, 3.8) is 0 Å². The van der Waals surface area contributed by atoms with E-state index in [1.807, 2.05) is 27.7 Å². The molecule has 1 aliphatic heterocycles. The Hall–Kier alpha value is -1.15. The van der Waals surface area contributed by atoms with Crippen LogP contribution < -0.4 is 5.32 Å². The van der Waals surface area contributed by atoms with Crippen LogP contribution in [-0.2, 0) is 29.0 Å². The van der Waals surface area contributed by atoms with Gasteiger partial charge < -0.3 is 24.8 Å². The molecule has 1 amide bonds. The fourth-order valence-corrected chi connectivity index (χ4v) is 3.86. The number of rotatable bonds is 6. The van der Waals surface area contributed by atoms with Crippen LogP contribution in [0.15, 0.2) is 6.07 Å². The molecule has 2 N–H and O–H groups in total. The number of carbonyl (C=O) groups is 1. The Morgan fingerprint density at radius 2 is 2.20 bits per heavy atom. The summed E-state index contributed by atoms with van der Waals surface area (Å²) < 4.78 is 10.7. The van der Waals surface area contributed by atoms with Crippen LogP contribution in [0, 0.1) is 0 Å². The second-order valence-electron chi connectivity index (χ2n) is 7.42. The molecule has 0 aromatic carbocycles. The maximum Gasteiger partial charge on any atom is 0.410 e. The molecule has 0 saturated heterocycles. The maximum atomic E-state index is 12.2. The number of aliphatic hydroxyl groups excluding tert-OH is 1. The lowest BCUT2D eigenvalue weighted by atomic mass is 10.1. The second-order valence-corrected chi connectivity index (χ2v) is 8.65. The topological polar surface area (TPSA) is 71.0 Å². The van der Waals surface area contributed by atoms with Gasteiger partial charge in [-0.25, -0.2) is 4.79 Å². The number of thiophene rings is 1. The average molecular weight is 371 g/mol. The number of hydrogen-bond donors (Lipinski definition) is 2. The average Bonchev–Trinajstić information content (AvgIpc) is 2.95. The molecule has 2 rings (SSSR count). The van der Waals surface area contributed by atoms with Gasteiger partial charge >= 0.3 is 6.09 Å². The standard InChI is InChI=1S/C18H30N2O4S/c1-12(23-5)15(11-21)19-9-14-8-13-10-20(7-6-16(13)25-14)17(22)24-18(2,3)4/h8,12,15,19,21H,6-7,9-11H2,1-5H3/t12-,15-/m1/s1. The molecular weight excluding hydrogens is 340 g/mol. The Bertz CT molecular complexity index is 582. The molecule has 1 aromatic heterocycles. The number of nitrogens with zero attached hydrogens (tertiary/aromatic N) is 1.